The fraction of sp³-hybridized carbons (Fsp3) is 0.0588. The summed E-state index contributed by atoms with van der Waals surface area (Å²) in [6.07, 6.45) is 1.16. The first kappa shape index (κ1) is 17.9. The lowest BCUT2D eigenvalue weighted by atomic mass is 10.2. The molecule has 0 spiro atoms. The van der Waals surface area contributed by atoms with Crippen molar-refractivity contribution in [3.63, 3.8) is 0 Å². The number of anilines is 2. The number of hydrogen-bond acceptors (Lipinski definition) is 6. The molecule has 3 rings (SSSR count). The van der Waals surface area contributed by atoms with Crippen LogP contribution < -0.4 is 10.1 Å². The van der Waals surface area contributed by atoms with Gasteiger partial charge in [0.25, 0.3) is 0 Å². The summed E-state index contributed by atoms with van der Waals surface area (Å²) in [5.74, 6) is 0.176. The highest BCUT2D eigenvalue weighted by atomic mass is 35.5. The van der Waals surface area contributed by atoms with Crippen LogP contribution in [0.5, 0.6) is 11.6 Å². The lowest BCUT2D eigenvalue weighted by Crippen LogP contribution is -2.04. The maximum atomic E-state index is 11.6. The van der Waals surface area contributed by atoms with Gasteiger partial charge in [-0.25, -0.2) is 4.98 Å². The van der Waals surface area contributed by atoms with Crippen LogP contribution in [-0.4, -0.2) is 14.9 Å². The molecular formula is C17H12Cl2N4O3. The Morgan fingerprint density at radius 3 is 2.54 bits per heavy atom. The van der Waals surface area contributed by atoms with E-state index in [1.54, 1.807) is 30.3 Å². The zero-order valence-electron chi connectivity index (χ0n) is 13.4. The first-order chi connectivity index (χ1) is 12.5. The van der Waals surface area contributed by atoms with Crippen molar-refractivity contribution in [1.29, 1.82) is 0 Å². The van der Waals surface area contributed by atoms with Crippen molar-refractivity contribution in [3.05, 3.63) is 74.5 Å². The minimum absolute atomic E-state index is 0.0590. The van der Waals surface area contributed by atoms with Gasteiger partial charge in [-0.05, 0) is 31.2 Å². The molecule has 0 fully saturated rings. The van der Waals surface area contributed by atoms with Crippen LogP contribution in [0.3, 0.4) is 0 Å². The van der Waals surface area contributed by atoms with Gasteiger partial charge in [0.15, 0.2) is 0 Å². The van der Waals surface area contributed by atoms with E-state index in [9.17, 15) is 10.1 Å². The number of halogens is 2. The fourth-order valence-corrected chi connectivity index (χ4v) is 2.49. The lowest BCUT2D eigenvalue weighted by Gasteiger charge is -2.11. The van der Waals surface area contributed by atoms with Crippen molar-refractivity contribution < 1.29 is 9.66 Å². The molecule has 7 nitrogen and oxygen atoms in total. The van der Waals surface area contributed by atoms with Gasteiger partial charge in [-0.2, -0.15) is 4.98 Å². The molecule has 3 aromatic rings. The molecule has 2 aromatic carbocycles. The van der Waals surface area contributed by atoms with E-state index < -0.39 is 10.6 Å². The van der Waals surface area contributed by atoms with Crippen LogP contribution in [0.25, 0.3) is 0 Å². The van der Waals surface area contributed by atoms with Crippen molar-refractivity contribution in [2.24, 2.45) is 0 Å². The topological polar surface area (TPSA) is 90.2 Å². The van der Waals surface area contributed by atoms with Crippen LogP contribution in [0.4, 0.5) is 17.2 Å². The van der Waals surface area contributed by atoms with Crippen molar-refractivity contribution in [2.75, 3.05) is 5.32 Å². The molecule has 0 saturated heterocycles. The largest absolute Gasteiger partial charge is 0.434 e. The second kappa shape index (κ2) is 7.55. The van der Waals surface area contributed by atoms with E-state index in [1.165, 1.54) is 0 Å². The first-order valence-electron chi connectivity index (χ1n) is 7.40. The van der Waals surface area contributed by atoms with Crippen molar-refractivity contribution >= 4 is 40.4 Å². The highest BCUT2D eigenvalue weighted by Crippen LogP contribution is 2.38. The highest BCUT2D eigenvalue weighted by molar-refractivity contribution is 6.43. The molecule has 0 atom stereocenters. The van der Waals surface area contributed by atoms with E-state index in [1.807, 2.05) is 19.1 Å². The van der Waals surface area contributed by atoms with Crippen LogP contribution in [0.1, 0.15) is 5.56 Å². The zero-order chi connectivity index (χ0) is 18.7. The molecule has 0 aliphatic rings. The first-order valence-corrected chi connectivity index (χ1v) is 8.16. The van der Waals surface area contributed by atoms with E-state index in [4.69, 9.17) is 27.9 Å². The zero-order valence-corrected chi connectivity index (χ0v) is 15.0. The van der Waals surface area contributed by atoms with Gasteiger partial charge in [0.05, 0.1) is 20.7 Å². The van der Waals surface area contributed by atoms with Crippen molar-refractivity contribution in [1.82, 2.24) is 9.97 Å². The van der Waals surface area contributed by atoms with Crippen LogP contribution in [0.15, 0.2) is 48.8 Å². The third-order valence-electron chi connectivity index (χ3n) is 3.41. The summed E-state index contributed by atoms with van der Waals surface area (Å²) < 4.78 is 5.57. The van der Waals surface area contributed by atoms with Gasteiger partial charge in [0.1, 0.15) is 12.1 Å². The van der Waals surface area contributed by atoms with Gasteiger partial charge in [0, 0.05) is 0 Å². The van der Waals surface area contributed by atoms with E-state index >= 15 is 0 Å². The maximum Gasteiger partial charge on any atom is 0.373 e. The Bertz CT molecular complexity index is 965. The van der Waals surface area contributed by atoms with E-state index in [0.717, 1.165) is 11.9 Å². The van der Waals surface area contributed by atoms with E-state index in [2.05, 4.69) is 15.3 Å². The molecule has 1 aromatic heterocycles. The van der Waals surface area contributed by atoms with Crippen LogP contribution in [0, 0.1) is 17.0 Å². The van der Waals surface area contributed by atoms with Gasteiger partial charge < -0.3 is 10.1 Å². The van der Waals surface area contributed by atoms with Crippen LogP contribution >= 0.6 is 23.2 Å². The molecule has 9 heteroatoms. The third-order valence-corrected chi connectivity index (χ3v) is 4.23. The van der Waals surface area contributed by atoms with Crippen LogP contribution in [0.2, 0.25) is 10.0 Å². The highest BCUT2D eigenvalue weighted by Gasteiger charge is 2.25. The number of nitrogens with zero attached hydrogens (tertiary/aromatic N) is 3. The maximum absolute atomic E-state index is 11.6. The number of ether oxygens (including phenoxy) is 1. The SMILES string of the molecule is Cc1ccc(Oc2ncnc(Nc3cccc(Cl)c3Cl)c2[N+](=O)[O-])cc1. The Morgan fingerprint density at radius 2 is 1.85 bits per heavy atom. The molecule has 0 radical (unpaired) electrons. The van der Waals surface area contributed by atoms with Crippen molar-refractivity contribution in [2.45, 2.75) is 6.92 Å². The number of nitrogens with one attached hydrogen (secondary N) is 1. The predicted molar refractivity (Wildman–Crippen MR) is 99.7 cm³/mol. The monoisotopic (exact) mass is 390 g/mol. The quantitative estimate of drug-likeness (QED) is 0.454. The fourth-order valence-electron chi connectivity index (χ4n) is 2.14. The average molecular weight is 391 g/mol. The Balaban J connectivity index is 1.99. The van der Waals surface area contributed by atoms with Gasteiger partial charge in [-0.1, -0.05) is 47.0 Å². The standard InChI is InChI=1S/C17H12Cl2N4O3/c1-10-5-7-11(8-6-10)26-17-15(23(24)25)16(20-9-21-17)22-13-4-2-3-12(18)14(13)19/h2-9H,1H3,(H,20,21,22). The van der Waals surface area contributed by atoms with E-state index in [0.29, 0.717) is 16.5 Å². The average Bonchev–Trinajstić information content (AvgIpc) is 2.61. The smallest absolute Gasteiger partial charge is 0.373 e. The number of aromatic nitrogens is 2. The van der Waals surface area contributed by atoms with Crippen molar-refractivity contribution in [3.8, 4) is 11.6 Å². The summed E-state index contributed by atoms with van der Waals surface area (Å²) in [4.78, 5) is 18.8. The minimum Gasteiger partial charge on any atom is -0.434 e. The summed E-state index contributed by atoms with van der Waals surface area (Å²) in [6, 6.07) is 11.9. The Labute approximate surface area is 158 Å². The summed E-state index contributed by atoms with van der Waals surface area (Å²) >= 11 is 12.1. The van der Waals surface area contributed by atoms with E-state index in [-0.39, 0.29) is 16.7 Å². The summed E-state index contributed by atoms with van der Waals surface area (Å²) in [5, 5.41) is 14.9. The minimum atomic E-state index is -0.621. The number of rotatable bonds is 5. The molecule has 0 bridgehead atoms. The molecule has 0 aliphatic carbocycles. The lowest BCUT2D eigenvalue weighted by molar-refractivity contribution is -0.385. The molecule has 26 heavy (non-hydrogen) atoms. The van der Waals surface area contributed by atoms with Gasteiger partial charge in [0.2, 0.25) is 5.82 Å². The Kier molecular flexibility index (Phi) is 5.20. The molecule has 1 heterocycles. The second-order valence-electron chi connectivity index (χ2n) is 5.27. The molecule has 0 aliphatic heterocycles. The molecule has 0 unspecified atom stereocenters. The third kappa shape index (κ3) is 3.84. The van der Waals surface area contributed by atoms with Gasteiger partial charge in [-0.3, -0.25) is 10.1 Å². The summed E-state index contributed by atoms with van der Waals surface area (Å²) in [6.45, 7) is 1.92. The number of aryl methyl sites for hydroxylation is 1. The predicted octanol–water partition coefficient (Wildman–Crippen LogP) is 5.54. The molecule has 0 saturated carbocycles. The van der Waals surface area contributed by atoms with Gasteiger partial charge >= 0.3 is 11.6 Å². The normalized spacial score (nSPS) is 10.4. The number of hydrogen-bond donors (Lipinski definition) is 1. The number of benzene rings is 2. The number of nitro groups is 1. The summed E-state index contributed by atoms with van der Waals surface area (Å²) in [7, 11) is 0. The Hall–Kier alpha value is -2.90. The molecule has 0 amide bonds. The molecule has 1 N–H and O–H groups in total. The Morgan fingerprint density at radius 1 is 1.12 bits per heavy atom. The molecular weight excluding hydrogens is 379 g/mol. The summed E-state index contributed by atoms with van der Waals surface area (Å²) in [5.41, 5.74) is 0.999. The van der Waals surface area contributed by atoms with Gasteiger partial charge in [-0.15, -0.1) is 0 Å². The molecule has 132 valence electrons. The van der Waals surface area contributed by atoms with Crippen LogP contribution in [-0.2, 0) is 0 Å². The second-order valence-corrected chi connectivity index (χ2v) is 6.06.